The molecule has 7 nitrogen and oxygen atoms in total. The molecule has 1 saturated heterocycles. The second-order valence-electron chi connectivity index (χ2n) is 6.51. The van der Waals surface area contributed by atoms with Crippen molar-refractivity contribution in [1.29, 1.82) is 0 Å². The normalized spacial score (nSPS) is 16.1. The van der Waals surface area contributed by atoms with E-state index in [0.29, 0.717) is 12.5 Å². The van der Waals surface area contributed by atoms with Crippen molar-refractivity contribution in [2.75, 3.05) is 19.6 Å². The number of hydrogen-bond donors (Lipinski definition) is 1. The van der Waals surface area contributed by atoms with E-state index in [-0.39, 0.29) is 30.3 Å². The van der Waals surface area contributed by atoms with Gasteiger partial charge in [0.15, 0.2) is 0 Å². The fourth-order valence-corrected chi connectivity index (χ4v) is 3.09. The van der Waals surface area contributed by atoms with Gasteiger partial charge in [-0.1, -0.05) is 25.1 Å². The van der Waals surface area contributed by atoms with Crippen LogP contribution in [0, 0.1) is 11.8 Å². The van der Waals surface area contributed by atoms with Gasteiger partial charge in [-0.05, 0) is 54.1 Å². The lowest BCUT2D eigenvalue weighted by atomic mass is 9.87. The molecule has 2 aromatic rings. The SMILES string of the molecule is C=CCN(C(=O)C(C)C1CNC1)C(C)c1cccc(-n2cnnn2)c1.Cl. The summed E-state index contributed by atoms with van der Waals surface area (Å²) in [5.41, 5.74) is 1.92. The highest BCUT2D eigenvalue weighted by Crippen LogP contribution is 2.26. The van der Waals surface area contributed by atoms with Crippen molar-refractivity contribution in [2.24, 2.45) is 11.8 Å². The summed E-state index contributed by atoms with van der Waals surface area (Å²) >= 11 is 0. The Balaban J connectivity index is 0.00000243. The second-order valence-corrected chi connectivity index (χ2v) is 6.51. The van der Waals surface area contributed by atoms with Crippen LogP contribution in [-0.4, -0.2) is 50.6 Å². The molecular weight excluding hydrogens is 352 g/mol. The number of carbonyl (C=O) groups excluding carboxylic acids is 1. The number of amides is 1. The first kappa shape index (κ1) is 20.1. The molecule has 1 aromatic heterocycles. The maximum atomic E-state index is 13.0. The summed E-state index contributed by atoms with van der Waals surface area (Å²) in [5, 5.41) is 14.5. The van der Waals surface area contributed by atoms with Gasteiger partial charge in [-0.15, -0.1) is 24.1 Å². The summed E-state index contributed by atoms with van der Waals surface area (Å²) in [6.45, 7) is 10.2. The zero-order valence-electron chi connectivity index (χ0n) is 15.1. The van der Waals surface area contributed by atoms with Gasteiger partial charge in [-0.2, -0.15) is 0 Å². The minimum Gasteiger partial charge on any atom is -0.332 e. The number of nitrogens with one attached hydrogen (secondary N) is 1. The van der Waals surface area contributed by atoms with Crippen molar-refractivity contribution in [3.05, 3.63) is 48.8 Å². The van der Waals surface area contributed by atoms with Crippen molar-refractivity contribution in [3.8, 4) is 5.69 Å². The molecule has 140 valence electrons. The summed E-state index contributed by atoms with van der Waals surface area (Å²) in [6.07, 6.45) is 3.34. The Bertz CT molecular complexity index is 731. The van der Waals surface area contributed by atoms with Crippen LogP contribution in [0.25, 0.3) is 5.69 Å². The topological polar surface area (TPSA) is 75.9 Å². The number of rotatable bonds is 7. The Labute approximate surface area is 159 Å². The van der Waals surface area contributed by atoms with Gasteiger partial charge in [0.2, 0.25) is 5.91 Å². The van der Waals surface area contributed by atoms with Crippen molar-refractivity contribution in [3.63, 3.8) is 0 Å². The van der Waals surface area contributed by atoms with Gasteiger partial charge in [-0.25, -0.2) is 4.68 Å². The Morgan fingerprint density at radius 3 is 2.81 bits per heavy atom. The average Bonchev–Trinajstić information content (AvgIpc) is 3.11. The number of halogens is 1. The van der Waals surface area contributed by atoms with Gasteiger partial charge in [0.05, 0.1) is 11.7 Å². The highest BCUT2D eigenvalue weighted by atomic mass is 35.5. The lowest BCUT2D eigenvalue weighted by Gasteiger charge is -2.37. The van der Waals surface area contributed by atoms with E-state index in [4.69, 9.17) is 0 Å². The average molecular weight is 377 g/mol. The molecule has 3 rings (SSSR count). The number of tetrazole rings is 1. The third kappa shape index (κ3) is 4.11. The summed E-state index contributed by atoms with van der Waals surface area (Å²) in [4.78, 5) is 14.9. The van der Waals surface area contributed by atoms with Gasteiger partial charge < -0.3 is 10.2 Å². The largest absolute Gasteiger partial charge is 0.332 e. The molecule has 2 heterocycles. The van der Waals surface area contributed by atoms with Crippen LogP contribution in [0.4, 0.5) is 0 Å². The molecule has 8 heteroatoms. The van der Waals surface area contributed by atoms with E-state index in [2.05, 4.69) is 27.4 Å². The maximum absolute atomic E-state index is 13.0. The molecule has 0 saturated carbocycles. The van der Waals surface area contributed by atoms with E-state index in [9.17, 15) is 4.79 Å². The third-order valence-electron chi connectivity index (χ3n) is 4.95. The van der Waals surface area contributed by atoms with Crippen molar-refractivity contribution in [1.82, 2.24) is 30.4 Å². The number of carbonyl (C=O) groups is 1. The molecule has 0 radical (unpaired) electrons. The van der Waals surface area contributed by atoms with E-state index in [1.807, 2.05) is 43.0 Å². The molecule has 0 aliphatic carbocycles. The van der Waals surface area contributed by atoms with E-state index < -0.39 is 0 Å². The molecule has 2 unspecified atom stereocenters. The summed E-state index contributed by atoms with van der Waals surface area (Å²) in [6, 6.07) is 7.88. The Kier molecular flexibility index (Phi) is 6.88. The Morgan fingerprint density at radius 1 is 1.46 bits per heavy atom. The van der Waals surface area contributed by atoms with Crippen molar-refractivity contribution < 1.29 is 4.79 Å². The lowest BCUT2D eigenvalue weighted by Crippen LogP contribution is -2.50. The van der Waals surface area contributed by atoms with Crippen LogP contribution < -0.4 is 5.32 Å². The maximum Gasteiger partial charge on any atom is 0.226 e. The van der Waals surface area contributed by atoms with Crippen LogP contribution in [0.1, 0.15) is 25.5 Å². The predicted molar refractivity (Wildman–Crippen MR) is 102 cm³/mol. The van der Waals surface area contributed by atoms with Crippen LogP contribution >= 0.6 is 12.4 Å². The number of benzene rings is 1. The molecule has 0 spiro atoms. The zero-order chi connectivity index (χ0) is 17.8. The Hall–Kier alpha value is -2.25. The molecule has 1 amide bonds. The highest BCUT2D eigenvalue weighted by Gasteiger charge is 2.33. The van der Waals surface area contributed by atoms with E-state index in [0.717, 1.165) is 24.3 Å². The molecule has 26 heavy (non-hydrogen) atoms. The summed E-state index contributed by atoms with van der Waals surface area (Å²) in [7, 11) is 0. The molecule has 1 N–H and O–H groups in total. The van der Waals surface area contributed by atoms with Gasteiger partial charge in [-0.3, -0.25) is 4.79 Å². The number of hydrogen-bond acceptors (Lipinski definition) is 5. The van der Waals surface area contributed by atoms with E-state index in [1.165, 1.54) is 0 Å². The van der Waals surface area contributed by atoms with Crippen LogP contribution in [0.2, 0.25) is 0 Å². The van der Waals surface area contributed by atoms with Gasteiger partial charge >= 0.3 is 0 Å². The van der Waals surface area contributed by atoms with Gasteiger partial charge in [0.1, 0.15) is 6.33 Å². The summed E-state index contributed by atoms with van der Waals surface area (Å²) in [5.74, 6) is 0.595. The molecule has 1 fully saturated rings. The van der Waals surface area contributed by atoms with Crippen LogP contribution in [0.3, 0.4) is 0 Å². The highest BCUT2D eigenvalue weighted by molar-refractivity contribution is 5.85. The van der Waals surface area contributed by atoms with Crippen LogP contribution in [-0.2, 0) is 4.79 Å². The van der Waals surface area contributed by atoms with Crippen LogP contribution in [0.5, 0.6) is 0 Å². The minimum atomic E-state index is -0.0579. The monoisotopic (exact) mass is 376 g/mol. The first-order chi connectivity index (χ1) is 12.1. The molecule has 2 atom stereocenters. The molecular formula is C18H25ClN6O. The fraction of sp³-hybridized carbons (Fsp3) is 0.444. The zero-order valence-corrected chi connectivity index (χ0v) is 15.9. The van der Waals surface area contributed by atoms with Gasteiger partial charge in [0, 0.05) is 12.5 Å². The second kappa shape index (κ2) is 8.91. The van der Waals surface area contributed by atoms with Crippen LogP contribution in [0.15, 0.2) is 43.2 Å². The quantitative estimate of drug-likeness (QED) is 0.748. The molecule has 1 aliphatic rings. The van der Waals surface area contributed by atoms with E-state index >= 15 is 0 Å². The third-order valence-corrected chi connectivity index (χ3v) is 4.95. The number of aromatic nitrogens is 4. The molecule has 0 bridgehead atoms. The smallest absolute Gasteiger partial charge is 0.226 e. The first-order valence-electron chi connectivity index (χ1n) is 8.57. The fourth-order valence-electron chi connectivity index (χ4n) is 3.09. The van der Waals surface area contributed by atoms with Gasteiger partial charge in [0.25, 0.3) is 0 Å². The van der Waals surface area contributed by atoms with E-state index in [1.54, 1.807) is 17.1 Å². The standard InChI is InChI=1S/C18H24N6O.ClH/c1-4-8-23(18(25)13(2)16-10-19-11-16)14(3)15-6-5-7-17(9-15)24-12-20-21-22-24;/h4-7,9,12-14,16,19H,1,8,10-11H2,2-3H3;1H. The summed E-state index contributed by atoms with van der Waals surface area (Å²) < 4.78 is 1.61. The lowest BCUT2D eigenvalue weighted by molar-refractivity contribution is -0.139. The molecule has 1 aliphatic heterocycles. The predicted octanol–water partition coefficient (Wildman–Crippen LogP) is 2.02. The first-order valence-corrected chi connectivity index (χ1v) is 8.57. The number of nitrogens with zero attached hydrogens (tertiary/aromatic N) is 5. The molecule has 1 aromatic carbocycles. The van der Waals surface area contributed by atoms with Crippen molar-refractivity contribution in [2.45, 2.75) is 19.9 Å². The van der Waals surface area contributed by atoms with Crippen molar-refractivity contribution >= 4 is 18.3 Å². The minimum absolute atomic E-state index is 0. The Morgan fingerprint density at radius 2 is 2.23 bits per heavy atom.